The summed E-state index contributed by atoms with van der Waals surface area (Å²) < 4.78 is 23.5. The predicted octanol–water partition coefficient (Wildman–Crippen LogP) is 1.36. The number of ether oxygens (including phenoxy) is 2. The van der Waals surface area contributed by atoms with Gasteiger partial charge in [0.25, 0.3) is 0 Å². The summed E-state index contributed by atoms with van der Waals surface area (Å²) in [6.45, 7) is 11.0. The first-order valence-corrected chi connectivity index (χ1v) is 12.9. The third-order valence-electron chi connectivity index (χ3n) is 6.43. The van der Waals surface area contributed by atoms with Crippen LogP contribution in [0.3, 0.4) is 0 Å². The van der Waals surface area contributed by atoms with E-state index in [1.165, 1.54) is 0 Å². The number of nitrogens with one attached hydrogen (secondary N) is 2. The standard InChI is InChI=1S/C21H40N4O3S/c1-3-22-21(24-18-6-5-7-19(14-18)29(26)4-2)23-15-20(17-8-11-28-16-17)25-9-12-27-13-10-25/h17-20H,3-16H2,1-2H3,(H2,22,23,24). The lowest BCUT2D eigenvalue weighted by molar-refractivity contribution is 0.00368. The number of guanidine groups is 1. The van der Waals surface area contributed by atoms with Gasteiger partial charge in [-0.15, -0.1) is 0 Å². The molecular weight excluding hydrogens is 388 g/mol. The molecule has 2 saturated heterocycles. The zero-order chi connectivity index (χ0) is 20.5. The Kier molecular flexibility index (Phi) is 9.69. The summed E-state index contributed by atoms with van der Waals surface area (Å²) in [4.78, 5) is 7.54. The van der Waals surface area contributed by atoms with Crippen molar-refractivity contribution in [3.05, 3.63) is 0 Å². The summed E-state index contributed by atoms with van der Waals surface area (Å²) in [5.74, 6) is 2.21. The second kappa shape index (κ2) is 12.2. The first-order chi connectivity index (χ1) is 14.2. The molecule has 5 unspecified atom stereocenters. The third-order valence-corrected chi connectivity index (χ3v) is 8.17. The Morgan fingerprint density at radius 1 is 1.17 bits per heavy atom. The number of hydrogen-bond donors (Lipinski definition) is 2. The minimum atomic E-state index is -0.702. The third kappa shape index (κ3) is 6.91. The van der Waals surface area contributed by atoms with E-state index in [1.54, 1.807) is 0 Å². The van der Waals surface area contributed by atoms with E-state index in [9.17, 15) is 4.21 Å². The Labute approximate surface area is 178 Å². The van der Waals surface area contributed by atoms with Crippen molar-refractivity contribution in [3.63, 3.8) is 0 Å². The van der Waals surface area contributed by atoms with Crippen LogP contribution in [0.1, 0.15) is 46.0 Å². The van der Waals surface area contributed by atoms with Crippen molar-refractivity contribution in [3.8, 4) is 0 Å². The number of rotatable bonds is 8. The second-order valence-electron chi connectivity index (χ2n) is 8.36. The minimum Gasteiger partial charge on any atom is -0.381 e. The molecule has 7 nitrogen and oxygen atoms in total. The Morgan fingerprint density at radius 2 is 2.00 bits per heavy atom. The quantitative estimate of drug-likeness (QED) is 0.449. The largest absolute Gasteiger partial charge is 0.381 e. The van der Waals surface area contributed by atoms with Gasteiger partial charge in [-0.05, 0) is 32.6 Å². The maximum atomic E-state index is 12.3. The maximum Gasteiger partial charge on any atom is 0.191 e. The van der Waals surface area contributed by atoms with E-state index in [0.717, 1.165) is 96.4 Å². The van der Waals surface area contributed by atoms with Crippen LogP contribution in [0, 0.1) is 5.92 Å². The zero-order valence-electron chi connectivity index (χ0n) is 18.2. The highest BCUT2D eigenvalue weighted by molar-refractivity contribution is 7.85. The van der Waals surface area contributed by atoms with Crippen LogP contribution in [0.5, 0.6) is 0 Å². The first-order valence-electron chi connectivity index (χ1n) is 11.5. The fourth-order valence-electron chi connectivity index (χ4n) is 4.78. The number of hydrogen-bond acceptors (Lipinski definition) is 5. The fourth-order valence-corrected chi connectivity index (χ4v) is 6.12. The average molecular weight is 429 g/mol. The van der Waals surface area contributed by atoms with Crippen molar-refractivity contribution >= 4 is 16.8 Å². The molecule has 29 heavy (non-hydrogen) atoms. The fraction of sp³-hybridized carbons (Fsp3) is 0.952. The minimum absolute atomic E-state index is 0.325. The molecule has 0 aromatic heterocycles. The first kappa shape index (κ1) is 23.0. The van der Waals surface area contributed by atoms with E-state index in [4.69, 9.17) is 14.5 Å². The Hall–Kier alpha value is -0.700. The van der Waals surface area contributed by atoms with Gasteiger partial charge in [0.05, 0.1) is 26.4 Å². The summed E-state index contributed by atoms with van der Waals surface area (Å²) in [6.07, 6.45) is 5.46. The van der Waals surface area contributed by atoms with Gasteiger partial charge in [0, 0.05) is 66.0 Å². The van der Waals surface area contributed by atoms with Gasteiger partial charge in [-0.2, -0.15) is 0 Å². The highest BCUT2D eigenvalue weighted by Crippen LogP contribution is 2.24. The zero-order valence-corrected chi connectivity index (χ0v) is 19.1. The molecular formula is C21H40N4O3S. The van der Waals surface area contributed by atoms with Gasteiger partial charge in [-0.3, -0.25) is 14.1 Å². The molecule has 0 amide bonds. The highest BCUT2D eigenvalue weighted by atomic mass is 32.2. The SMILES string of the molecule is CCNC(=NCC(C1CCOC1)N1CCOCC1)NC1CCCC(S(=O)CC)C1. The van der Waals surface area contributed by atoms with Gasteiger partial charge in [0.15, 0.2) is 5.96 Å². The molecule has 168 valence electrons. The van der Waals surface area contributed by atoms with Gasteiger partial charge in [0.1, 0.15) is 0 Å². The van der Waals surface area contributed by atoms with E-state index < -0.39 is 10.8 Å². The average Bonchev–Trinajstić information content (AvgIpc) is 3.29. The lowest BCUT2D eigenvalue weighted by Gasteiger charge is -2.37. The summed E-state index contributed by atoms with van der Waals surface area (Å²) in [5, 5.41) is 7.39. The maximum absolute atomic E-state index is 12.3. The van der Waals surface area contributed by atoms with Gasteiger partial charge < -0.3 is 20.1 Å². The normalized spacial score (nSPS) is 31.4. The molecule has 0 aromatic carbocycles. The molecule has 0 radical (unpaired) electrons. The summed E-state index contributed by atoms with van der Waals surface area (Å²) >= 11 is 0. The van der Waals surface area contributed by atoms with E-state index in [2.05, 4.69) is 22.5 Å². The van der Waals surface area contributed by atoms with E-state index >= 15 is 0 Å². The molecule has 3 rings (SSSR count). The second-order valence-corrected chi connectivity index (χ2v) is 10.4. The van der Waals surface area contributed by atoms with Gasteiger partial charge in [-0.1, -0.05) is 13.3 Å². The van der Waals surface area contributed by atoms with Crippen LogP contribution in [0.2, 0.25) is 0 Å². The van der Waals surface area contributed by atoms with Crippen molar-refractivity contribution in [2.24, 2.45) is 10.9 Å². The van der Waals surface area contributed by atoms with Crippen molar-refractivity contribution in [1.82, 2.24) is 15.5 Å². The predicted molar refractivity (Wildman–Crippen MR) is 119 cm³/mol. The van der Waals surface area contributed by atoms with Gasteiger partial charge in [0.2, 0.25) is 0 Å². The van der Waals surface area contributed by atoms with E-state index in [1.807, 2.05) is 6.92 Å². The molecule has 2 aliphatic heterocycles. The van der Waals surface area contributed by atoms with E-state index in [0.29, 0.717) is 23.3 Å². The molecule has 0 spiro atoms. The number of aliphatic imine (C=N–C) groups is 1. The molecule has 3 fully saturated rings. The van der Waals surface area contributed by atoms with Crippen LogP contribution < -0.4 is 10.6 Å². The molecule has 8 heteroatoms. The number of nitrogens with zero attached hydrogens (tertiary/aromatic N) is 2. The summed E-state index contributed by atoms with van der Waals surface area (Å²) in [6, 6.07) is 0.766. The van der Waals surface area contributed by atoms with Crippen molar-refractivity contribution in [1.29, 1.82) is 0 Å². The molecule has 1 saturated carbocycles. The molecule has 0 bridgehead atoms. The lowest BCUT2D eigenvalue weighted by atomic mass is 9.95. The van der Waals surface area contributed by atoms with Gasteiger partial charge in [-0.25, -0.2) is 0 Å². The summed E-state index contributed by atoms with van der Waals surface area (Å²) in [7, 11) is -0.702. The monoisotopic (exact) mass is 428 g/mol. The smallest absolute Gasteiger partial charge is 0.191 e. The number of morpholine rings is 1. The van der Waals surface area contributed by atoms with Crippen LogP contribution in [0.4, 0.5) is 0 Å². The summed E-state index contributed by atoms with van der Waals surface area (Å²) in [5.41, 5.74) is 0. The van der Waals surface area contributed by atoms with Crippen LogP contribution >= 0.6 is 0 Å². The topological polar surface area (TPSA) is 75.2 Å². The molecule has 2 heterocycles. The molecule has 0 aromatic rings. The van der Waals surface area contributed by atoms with E-state index in [-0.39, 0.29) is 0 Å². The molecule has 1 aliphatic carbocycles. The van der Waals surface area contributed by atoms with Crippen LogP contribution in [0.25, 0.3) is 0 Å². The van der Waals surface area contributed by atoms with Gasteiger partial charge >= 0.3 is 0 Å². The van der Waals surface area contributed by atoms with Crippen molar-refractivity contribution < 1.29 is 13.7 Å². The molecule has 3 aliphatic rings. The van der Waals surface area contributed by atoms with Crippen molar-refractivity contribution in [2.45, 2.75) is 63.3 Å². The Balaban J connectivity index is 1.62. The highest BCUT2D eigenvalue weighted by Gasteiger charge is 2.32. The van der Waals surface area contributed by atoms with Crippen LogP contribution in [-0.2, 0) is 20.3 Å². The van der Waals surface area contributed by atoms with Crippen LogP contribution in [-0.4, -0.2) is 90.8 Å². The lowest BCUT2D eigenvalue weighted by Crippen LogP contribution is -2.50. The Morgan fingerprint density at radius 3 is 2.69 bits per heavy atom. The molecule has 2 N–H and O–H groups in total. The Bertz CT molecular complexity index is 536. The molecule has 5 atom stereocenters. The van der Waals surface area contributed by atoms with Crippen molar-refractivity contribution in [2.75, 3.05) is 58.4 Å². The van der Waals surface area contributed by atoms with Crippen LogP contribution in [0.15, 0.2) is 4.99 Å².